The van der Waals surface area contributed by atoms with Crippen LogP contribution in [0.3, 0.4) is 0 Å². The SMILES string of the molecule is N#Cc1c(/N=C/c2c(O)[nH]c(=S)[nH]c2=O)sc2ccccc12. The van der Waals surface area contributed by atoms with Crippen LogP contribution in [-0.4, -0.2) is 21.3 Å². The fraction of sp³-hybridized carbons (Fsp3) is 0. The van der Waals surface area contributed by atoms with E-state index in [-0.39, 0.29) is 16.2 Å². The number of fused-ring (bicyclic) bond motifs is 1. The summed E-state index contributed by atoms with van der Waals surface area (Å²) in [5.74, 6) is -0.364. The van der Waals surface area contributed by atoms with Crippen LogP contribution >= 0.6 is 23.6 Å². The number of benzene rings is 1. The van der Waals surface area contributed by atoms with Gasteiger partial charge in [-0.1, -0.05) is 18.2 Å². The first kappa shape index (κ1) is 14.2. The van der Waals surface area contributed by atoms with Gasteiger partial charge in [-0.05, 0) is 18.3 Å². The Morgan fingerprint density at radius 2 is 2.14 bits per heavy atom. The van der Waals surface area contributed by atoms with Crippen LogP contribution in [0.5, 0.6) is 5.88 Å². The Labute approximate surface area is 133 Å². The molecule has 108 valence electrons. The van der Waals surface area contributed by atoms with E-state index in [9.17, 15) is 15.2 Å². The topological polar surface area (TPSA) is 105 Å². The number of aromatic amines is 2. The number of aromatic nitrogens is 2. The average molecular weight is 328 g/mol. The molecule has 0 unspecified atom stereocenters. The van der Waals surface area contributed by atoms with Crippen LogP contribution in [0, 0.1) is 16.1 Å². The minimum absolute atomic E-state index is 0.0271. The average Bonchev–Trinajstić information content (AvgIpc) is 2.83. The van der Waals surface area contributed by atoms with Crippen molar-refractivity contribution >= 4 is 44.9 Å². The molecule has 0 saturated heterocycles. The van der Waals surface area contributed by atoms with Gasteiger partial charge in [0.05, 0.1) is 5.56 Å². The van der Waals surface area contributed by atoms with Gasteiger partial charge in [-0.3, -0.25) is 9.78 Å². The molecular weight excluding hydrogens is 320 g/mol. The number of aliphatic imine (C=N–C) groups is 1. The molecule has 0 bridgehead atoms. The summed E-state index contributed by atoms with van der Waals surface area (Å²) in [4.78, 5) is 20.7. The maximum atomic E-state index is 11.8. The van der Waals surface area contributed by atoms with Crippen molar-refractivity contribution in [1.82, 2.24) is 9.97 Å². The first-order valence-corrected chi connectivity index (χ1v) is 7.34. The lowest BCUT2D eigenvalue weighted by Gasteiger charge is -1.96. The Morgan fingerprint density at radius 1 is 1.36 bits per heavy atom. The van der Waals surface area contributed by atoms with E-state index in [2.05, 4.69) is 21.0 Å². The van der Waals surface area contributed by atoms with Crippen LogP contribution in [0.15, 0.2) is 34.1 Å². The molecule has 0 radical (unpaired) electrons. The van der Waals surface area contributed by atoms with Crippen molar-refractivity contribution in [2.75, 3.05) is 0 Å². The highest BCUT2D eigenvalue weighted by atomic mass is 32.1. The molecule has 6 nitrogen and oxygen atoms in total. The zero-order valence-corrected chi connectivity index (χ0v) is 12.6. The molecule has 0 fully saturated rings. The molecule has 0 amide bonds. The molecule has 2 aromatic heterocycles. The van der Waals surface area contributed by atoms with Gasteiger partial charge >= 0.3 is 0 Å². The number of nitrogens with one attached hydrogen (secondary N) is 2. The van der Waals surface area contributed by atoms with Crippen molar-refractivity contribution in [3.8, 4) is 11.9 Å². The maximum absolute atomic E-state index is 11.8. The highest BCUT2D eigenvalue weighted by Crippen LogP contribution is 2.36. The molecule has 0 aliphatic rings. The monoisotopic (exact) mass is 328 g/mol. The quantitative estimate of drug-likeness (QED) is 0.497. The number of rotatable bonds is 2. The van der Waals surface area contributed by atoms with Crippen LogP contribution < -0.4 is 5.56 Å². The number of aromatic hydroxyl groups is 1. The Kier molecular flexibility index (Phi) is 3.58. The Balaban J connectivity index is 2.13. The molecular formula is C14H8N4O2S2. The van der Waals surface area contributed by atoms with Crippen LogP contribution in [0.1, 0.15) is 11.1 Å². The molecule has 3 rings (SSSR count). The fourth-order valence-electron chi connectivity index (χ4n) is 1.96. The van der Waals surface area contributed by atoms with E-state index in [0.29, 0.717) is 10.6 Å². The lowest BCUT2D eigenvalue weighted by atomic mass is 10.2. The first-order valence-electron chi connectivity index (χ1n) is 6.11. The van der Waals surface area contributed by atoms with Gasteiger partial charge in [0.1, 0.15) is 16.6 Å². The first-order chi connectivity index (χ1) is 10.6. The van der Waals surface area contributed by atoms with Gasteiger partial charge in [0.25, 0.3) is 5.56 Å². The molecule has 0 aliphatic carbocycles. The summed E-state index contributed by atoms with van der Waals surface area (Å²) in [5, 5.41) is 20.3. The number of nitriles is 1. The van der Waals surface area contributed by atoms with E-state index in [1.807, 2.05) is 24.3 Å². The molecule has 3 aromatic rings. The smallest absolute Gasteiger partial charge is 0.264 e. The second-order valence-electron chi connectivity index (χ2n) is 4.32. The predicted molar refractivity (Wildman–Crippen MR) is 87.7 cm³/mol. The van der Waals surface area contributed by atoms with E-state index >= 15 is 0 Å². The number of nitrogens with zero attached hydrogens (tertiary/aromatic N) is 2. The van der Waals surface area contributed by atoms with Gasteiger partial charge in [-0.15, -0.1) is 11.3 Å². The lowest BCUT2D eigenvalue weighted by Crippen LogP contribution is -2.13. The Morgan fingerprint density at radius 3 is 2.86 bits per heavy atom. The van der Waals surface area contributed by atoms with Crippen molar-refractivity contribution in [1.29, 1.82) is 5.26 Å². The lowest BCUT2D eigenvalue weighted by molar-refractivity contribution is 0.449. The second kappa shape index (κ2) is 5.55. The standard InChI is InChI=1S/C14H8N4O2S2/c15-5-8-7-3-1-2-4-10(7)22-13(8)16-6-9-11(19)17-14(21)18-12(9)20/h1-4,6H,(H3,17,18,19,20,21)/b16-6+. The summed E-state index contributed by atoms with van der Waals surface area (Å²) in [7, 11) is 0. The van der Waals surface area contributed by atoms with Gasteiger partial charge in [0.15, 0.2) is 4.77 Å². The highest BCUT2D eigenvalue weighted by molar-refractivity contribution is 7.71. The van der Waals surface area contributed by atoms with Crippen LogP contribution in [0.2, 0.25) is 0 Å². The van der Waals surface area contributed by atoms with Crippen LogP contribution in [-0.2, 0) is 0 Å². The van der Waals surface area contributed by atoms with E-state index < -0.39 is 5.56 Å². The number of hydrogen-bond acceptors (Lipinski definition) is 6. The number of H-pyrrole nitrogens is 2. The minimum Gasteiger partial charge on any atom is -0.494 e. The van der Waals surface area contributed by atoms with Crippen molar-refractivity contribution < 1.29 is 5.11 Å². The van der Waals surface area contributed by atoms with Crippen molar-refractivity contribution in [2.24, 2.45) is 4.99 Å². The van der Waals surface area contributed by atoms with Gasteiger partial charge in [0, 0.05) is 16.3 Å². The Hall–Kier alpha value is -2.76. The minimum atomic E-state index is -0.551. The van der Waals surface area contributed by atoms with Gasteiger partial charge in [-0.2, -0.15) is 5.26 Å². The van der Waals surface area contributed by atoms with E-state index in [0.717, 1.165) is 10.1 Å². The maximum Gasteiger partial charge on any atom is 0.264 e. The second-order valence-corrected chi connectivity index (χ2v) is 5.76. The molecule has 0 atom stereocenters. The molecule has 22 heavy (non-hydrogen) atoms. The molecule has 3 N–H and O–H groups in total. The van der Waals surface area contributed by atoms with E-state index in [4.69, 9.17) is 12.2 Å². The predicted octanol–water partition coefficient (Wildman–Crippen LogP) is 2.98. The van der Waals surface area contributed by atoms with Gasteiger partial charge in [0.2, 0.25) is 5.88 Å². The zero-order chi connectivity index (χ0) is 15.7. The highest BCUT2D eigenvalue weighted by Gasteiger charge is 2.11. The molecule has 0 spiro atoms. The third kappa shape index (κ3) is 2.43. The third-order valence-corrected chi connectivity index (χ3v) is 4.24. The molecule has 2 heterocycles. The third-order valence-electron chi connectivity index (χ3n) is 2.96. The van der Waals surface area contributed by atoms with Crippen molar-refractivity contribution in [3.63, 3.8) is 0 Å². The molecule has 8 heteroatoms. The van der Waals surface area contributed by atoms with Crippen molar-refractivity contribution in [3.05, 3.63) is 50.5 Å². The summed E-state index contributed by atoms with van der Waals surface area (Å²) in [6.45, 7) is 0. The largest absolute Gasteiger partial charge is 0.494 e. The van der Waals surface area contributed by atoms with Crippen LogP contribution in [0.4, 0.5) is 5.00 Å². The van der Waals surface area contributed by atoms with Gasteiger partial charge in [-0.25, -0.2) is 4.99 Å². The summed E-state index contributed by atoms with van der Waals surface area (Å²) in [6, 6.07) is 9.57. The van der Waals surface area contributed by atoms with Gasteiger partial charge < -0.3 is 10.1 Å². The Bertz CT molecular complexity index is 1050. The molecule has 1 aromatic carbocycles. The van der Waals surface area contributed by atoms with Crippen molar-refractivity contribution in [2.45, 2.75) is 0 Å². The fourth-order valence-corrected chi connectivity index (χ4v) is 3.15. The van der Waals surface area contributed by atoms with Crippen LogP contribution in [0.25, 0.3) is 10.1 Å². The summed E-state index contributed by atoms with van der Waals surface area (Å²) >= 11 is 6.09. The number of thiophene rings is 1. The van der Waals surface area contributed by atoms with E-state index in [1.165, 1.54) is 17.6 Å². The number of hydrogen-bond donors (Lipinski definition) is 3. The molecule has 0 saturated carbocycles. The summed E-state index contributed by atoms with van der Waals surface area (Å²) in [6.07, 6.45) is 1.21. The zero-order valence-electron chi connectivity index (χ0n) is 11.0. The van der Waals surface area contributed by atoms with E-state index in [1.54, 1.807) is 0 Å². The summed E-state index contributed by atoms with van der Waals surface area (Å²) in [5.41, 5.74) is -0.156. The summed E-state index contributed by atoms with van der Waals surface area (Å²) < 4.78 is 0.955. The normalized spacial score (nSPS) is 11.0. The molecule has 0 aliphatic heterocycles.